The summed E-state index contributed by atoms with van der Waals surface area (Å²) >= 11 is 0. The Morgan fingerprint density at radius 3 is 2.76 bits per heavy atom. The van der Waals surface area contributed by atoms with Gasteiger partial charge in [0.1, 0.15) is 6.54 Å². The highest BCUT2D eigenvalue weighted by atomic mass is 16.5. The fourth-order valence-electron chi connectivity index (χ4n) is 2.32. The fourth-order valence-corrected chi connectivity index (χ4v) is 2.32. The van der Waals surface area contributed by atoms with E-state index in [1.165, 1.54) is 11.8 Å². The topological polar surface area (TPSA) is 95.3 Å². The number of carbonyl (C=O) groups is 2. The van der Waals surface area contributed by atoms with Gasteiger partial charge in [0.2, 0.25) is 5.91 Å². The van der Waals surface area contributed by atoms with Gasteiger partial charge in [0.25, 0.3) is 0 Å². The molecule has 8 nitrogen and oxygen atoms in total. The van der Waals surface area contributed by atoms with Crippen LogP contribution >= 0.6 is 0 Å². The molecular formula is C13H20N4O4. The SMILES string of the molecule is CCc1c(C(=O)OC)nnn1CC(=O)NC1CCOCC1. The van der Waals surface area contributed by atoms with Crippen molar-refractivity contribution in [3.63, 3.8) is 0 Å². The van der Waals surface area contributed by atoms with E-state index in [0.29, 0.717) is 25.3 Å². The van der Waals surface area contributed by atoms with E-state index < -0.39 is 5.97 Å². The summed E-state index contributed by atoms with van der Waals surface area (Å²) in [5.74, 6) is -0.680. The summed E-state index contributed by atoms with van der Waals surface area (Å²) in [7, 11) is 1.29. The third-order valence-corrected chi connectivity index (χ3v) is 3.43. The minimum Gasteiger partial charge on any atom is -0.464 e. The average molecular weight is 296 g/mol. The smallest absolute Gasteiger partial charge is 0.360 e. The van der Waals surface area contributed by atoms with Gasteiger partial charge in [0, 0.05) is 19.3 Å². The molecule has 0 radical (unpaired) electrons. The molecule has 1 aliphatic rings. The van der Waals surface area contributed by atoms with Gasteiger partial charge in [-0.1, -0.05) is 12.1 Å². The molecule has 0 bridgehead atoms. The van der Waals surface area contributed by atoms with Gasteiger partial charge in [-0.25, -0.2) is 9.48 Å². The van der Waals surface area contributed by atoms with Crippen LogP contribution in [0.5, 0.6) is 0 Å². The minimum absolute atomic E-state index is 0.0462. The lowest BCUT2D eigenvalue weighted by atomic mass is 10.1. The first-order valence-electron chi connectivity index (χ1n) is 7.03. The zero-order valence-corrected chi connectivity index (χ0v) is 12.3. The van der Waals surface area contributed by atoms with Crippen molar-refractivity contribution < 1.29 is 19.1 Å². The van der Waals surface area contributed by atoms with Crippen molar-refractivity contribution in [3.05, 3.63) is 11.4 Å². The fraction of sp³-hybridized carbons (Fsp3) is 0.692. The molecule has 2 rings (SSSR count). The number of nitrogens with zero attached hydrogens (tertiary/aromatic N) is 3. The summed E-state index contributed by atoms with van der Waals surface area (Å²) in [6.07, 6.45) is 2.18. The van der Waals surface area contributed by atoms with Crippen molar-refractivity contribution in [2.75, 3.05) is 20.3 Å². The summed E-state index contributed by atoms with van der Waals surface area (Å²) in [6, 6.07) is 0.139. The lowest BCUT2D eigenvalue weighted by molar-refractivity contribution is -0.123. The second kappa shape index (κ2) is 7.16. The number of nitrogens with one attached hydrogen (secondary N) is 1. The van der Waals surface area contributed by atoms with E-state index in [4.69, 9.17) is 4.74 Å². The summed E-state index contributed by atoms with van der Waals surface area (Å²) in [5.41, 5.74) is 0.767. The summed E-state index contributed by atoms with van der Waals surface area (Å²) in [5, 5.41) is 10.6. The first-order chi connectivity index (χ1) is 10.2. The van der Waals surface area contributed by atoms with E-state index in [0.717, 1.165) is 12.8 Å². The van der Waals surface area contributed by atoms with E-state index in [2.05, 4.69) is 20.4 Å². The molecule has 2 heterocycles. The predicted octanol–water partition coefficient (Wildman–Crippen LogP) is -0.0777. The molecule has 1 aliphatic heterocycles. The van der Waals surface area contributed by atoms with Crippen molar-refractivity contribution in [3.8, 4) is 0 Å². The van der Waals surface area contributed by atoms with Crippen LogP contribution in [0.2, 0.25) is 0 Å². The van der Waals surface area contributed by atoms with Crippen molar-refractivity contribution >= 4 is 11.9 Å². The summed E-state index contributed by atoms with van der Waals surface area (Å²) in [6.45, 7) is 3.25. The van der Waals surface area contributed by atoms with Gasteiger partial charge in [0.15, 0.2) is 5.69 Å². The van der Waals surface area contributed by atoms with Crippen molar-refractivity contribution in [2.45, 2.75) is 38.8 Å². The van der Waals surface area contributed by atoms with Crippen LogP contribution in [-0.4, -0.2) is 53.2 Å². The molecule has 0 spiro atoms. The molecule has 1 fully saturated rings. The van der Waals surface area contributed by atoms with Gasteiger partial charge in [-0.05, 0) is 19.3 Å². The zero-order valence-electron chi connectivity index (χ0n) is 12.3. The number of rotatable bonds is 5. The highest BCUT2D eigenvalue weighted by molar-refractivity contribution is 5.88. The highest BCUT2D eigenvalue weighted by Crippen LogP contribution is 2.09. The number of aromatic nitrogens is 3. The van der Waals surface area contributed by atoms with Gasteiger partial charge >= 0.3 is 5.97 Å². The third kappa shape index (κ3) is 3.78. The molecule has 1 aromatic rings. The Kier molecular flexibility index (Phi) is 5.26. The predicted molar refractivity (Wildman–Crippen MR) is 72.7 cm³/mol. The molecule has 0 atom stereocenters. The second-order valence-corrected chi connectivity index (χ2v) is 4.84. The number of amides is 1. The van der Waals surface area contributed by atoms with E-state index in [9.17, 15) is 9.59 Å². The maximum atomic E-state index is 12.0. The monoisotopic (exact) mass is 296 g/mol. The Hall–Kier alpha value is -1.96. The van der Waals surface area contributed by atoms with Crippen LogP contribution in [0.25, 0.3) is 0 Å². The first kappa shape index (κ1) is 15.4. The van der Waals surface area contributed by atoms with Crippen LogP contribution in [0.1, 0.15) is 35.9 Å². The molecule has 1 N–H and O–H groups in total. The van der Waals surface area contributed by atoms with Crippen LogP contribution < -0.4 is 5.32 Å². The highest BCUT2D eigenvalue weighted by Gasteiger charge is 2.21. The molecular weight excluding hydrogens is 276 g/mol. The first-order valence-corrected chi connectivity index (χ1v) is 7.03. The Labute approximate surface area is 122 Å². The molecule has 116 valence electrons. The van der Waals surface area contributed by atoms with Crippen molar-refractivity contribution in [2.24, 2.45) is 0 Å². The largest absolute Gasteiger partial charge is 0.464 e. The van der Waals surface area contributed by atoms with Crippen LogP contribution in [0, 0.1) is 0 Å². The van der Waals surface area contributed by atoms with E-state index in [1.54, 1.807) is 0 Å². The van der Waals surface area contributed by atoms with Crippen molar-refractivity contribution in [1.82, 2.24) is 20.3 Å². The van der Waals surface area contributed by atoms with Crippen molar-refractivity contribution in [1.29, 1.82) is 0 Å². The van der Waals surface area contributed by atoms with Gasteiger partial charge < -0.3 is 14.8 Å². The van der Waals surface area contributed by atoms with Crippen LogP contribution in [-0.2, 0) is 27.2 Å². The number of methoxy groups -OCH3 is 1. The summed E-state index contributed by atoms with van der Waals surface area (Å²) < 4.78 is 11.3. The number of esters is 1. The molecule has 8 heteroatoms. The van der Waals surface area contributed by atoms with Crippen LogP contribution in [0.3, 0.4) is 0 Å². The quantitative estimate of drug-likeness (QED) is 0.764. The molecule has 21 heavy (non-hydrogen) atoms. The lowest BCUT2D eigenvalue weighted by Crippen LogP contribution is -2.40. The molecule has 1 aromatic heterocycles. The van der Waals surface area contributed by atoms with Gasteiger partial charge in [-0.15, -0.1) is 5.10 Å². The molecule has 1 saturated heterocycles. The molecule has 1 amide bonds. The number of hydrogen-bond donors (Lipinski definition) is 1. The Morgan fingerprint density at radius 2 is 2.14 bits per heavy atom. The Bertz CT molecular complexity index is 508. The average Bonchev–Trinajstić information content (AvgIpc) is 2.89. The Morgan fingerprint density at radius 1 is 1.43 bits per heavy atom. The minimum atomic E-state index is -0.539. The number of hydrogen-bond acceptors (Lipinski definition) is 6. The second-order valence-electron chi connectivity index (χ2n) is 4.84. The van der Waals surface area contributed by atoms with E-state index >= 15 is 0 Å². The van der Waals surface area contributed by atoms with Gasteiger partial charge in [-0.3, -0.25) is 4.79 Å². The van der Waals surface area contributed by atoms with Crippen LogP contribution in [0.4, 0.5) is 0 Å². The molecule has 0 unspecified atom stereocenters. The van der Waals surface area contributed by atoms with E-state index in [1.807, 2.05) is 6.92 Å². The molecule has 0 aliphatic carbocycles. The maximum absolute atomic E-state index is 12.0. The van der Waals surface area contributed by atoms with Gasteiger partial charge in [-0.2, -0.15) is 0 Å². The normalized spacial score (nSPS) is 15.7. The van der Waals surface area contributed by atoms with Crippen LogP contribution in [0.15, 0.2) is 0 Å². The third-order valence-electron chi connectivity index (χ3n) is 3.43. The zero-order chi connectivity index (χ0) is 15.2. The molecule has 0 saturated carbocycles. The number of carbonyl (C=O) groups excluding carboxylic acids is 2. The number of ether oxygens (including phenoxy) is 2. The lowest BCUT2D eigenvalue weighted by Gasteiger charge is -2.23. The van der Waals surface area contributed by atoms with E-state index in [-0.39, 0.29) is 24.2 Å². The summed E-state index contributed by atoms with van der Waals surface area (Å²) in [4.78, 5) is 23.6. The molecule has 0 aromatic carbocycles. The maximum Gasteiger partial charge on any atom is 0.360 e. The Balaban J connectivity index is 2.00. The standard InChI is InChI=1S/C13H20N4O4/c1-3-10-12(13(19)20-2)15-16-17(10)8-11(18)14-9-4-6-21-7-5-9/h9H,3-8H2,1-2H3,(H,14,18). The van der Waals surface area contributed by atoms with Gasteiger partial charge in [0.05, 0.1) is 12.8 Å².